The Labute approximate surface area is 85.9 Å². The quantitative estimate of drug-likeness (QED) is 0.803. The van der Waals surface area contributed by atoms with Crippen molar-refractivity contribution in [2.75, 3.05) is 7.11 Å². The number of carbonyl (C=O) groups is 1. The number of hydrogen-bond donors (Lipinski definition) is 1. The third kappa shape index (κ3) is 1.41. The maximum Gasteiger partial charge on any atom is 0.335 e. The van der Waals surface area contributed by atoms with Crippen LogP contribution in [0.15, 0.2) is 18.5 Å². The second-order valence-corrected chi connectivity index (χ2v) is 3.21. The van der Waals surface area contributed by atoms with Gasteiger partial charge in [0, 0.05) is 7.05 Å². The summed E-state index contributed by atoms with van der Waals surface area (Å²) < 4.78 is 6.92. The monoisotopic (exact) mass is 206 g/mol. The van der Waals surface area contributed by atoms with Crippen LogP contribution in [0.5, 0.6) is 5.75 Å². The molecule has 0 saturated carbocycles. The van der Waals surface area contributed by atoms with Gasteiger partial charge >= 0.3 is 5.97 Å². The first-order chi connectivity index (χ1) is 7.13. The third-order valence-corrected chi connectivity index (χ3v) is 2.24. The number of carboxylic acids is 1. The van der Waals surface area contributed by atoms with Gasteiger partial charge in [0.2, 0.25) is 0 Å². The first kappa shape index (κ1) is 9.51. The summed E-state index contributed by atoms with van der Waals surface area (Å²) in [4.78, 5) is 14.9. The fraction of sp³-hybridized carbons (Fsp3) is 0.200. The maximum atomic E-state index is 10.8. The molecule has 0 fully saturated rings. The van der Waals surface area contributed by atoms with Crippen LogP contribution in [0, 0.1) is 0 Å². The number of ether oxygens (including phenoxy) is 1. The van der Waals surface area contributed by atoms with E-state index in [1.807, 2.05) is 7.05 Å². The average molecular weight is 206 g/mol. The summed E-state index contributed by atoms with van der Waals surface area (Å²) in [6.45, 7) is 0. The van der Waals surface area contributed by atoms with E-state index in [1.54, 1.807) is 10.9 Å². The average Bonchev–Trinajstić information content (AvgIpc) is 2.59. The summed E-state index contributed by atoms with van der Waals surface area (Å²) in [5, 5.41) is 8.88. The molecule has 0 amide bonds. The minimum Gasteiger partial charge on any atom is -0.494 e. The van der Waals surface area contributed by atoms with Crippen molar-refractivity contribution in [3.8, 4) is 5.75 Å². The van der Waals surface area contributed by atoms with Crippen LogP contribution in [0.4, 0.5) is 0 Å². The number of methoxy groups -OCH3 is 1. The van der Waals surface area contributed by atoms with Gasteiger partial charge in [-0.2, -0.15) is 0 Å². The van der Waals surface area contributed by atoms with Gasteiger partial charge in [0.05, 0.1) is 24.5 Å². The van der Waals surface area contributed by atoms with E-state index in [1.165, 1.54) is 19.2 Å². The molecule has 0 spiro atoms. The molecule has 2 rings (SSSR count). The van der Waals surface area contributed by atoms with Gasteiger partial charge < -0.3 is 14.4 Å². The van der Waals surface area contributed by atoms with Gasteiger partial charge in [0.1, 0.15) is 11.3 Å². The highest BCUT2D eigenvalue weighted by Gasteiger charge is 2.12. The molecule has 0 atom stereocenters. The van der Waals surface area contributed by atoms with E-state index >= 15 is 0 Å². The smallest absolute Gasteiger partial charge is 0.335 e. The zero-order valence-electron chi connectivity index (χ0n) is 8.39. The van der Waals surface area contributed by atoms with Gasteiger partial charge in [0.15, 0.2) is 0 Å². The molecule has 1 aromatic heterocycles. The van der Waals surface area contributed by atoms with E-state index in [4.69, 9.17) is 9.84 Å². The fourth-order valence-electron chi connectivity index (χ4n) is 1.53. The molecule has 1 aromatic carbocycles. The number of carboxylic acid groups (broad SMARTS) is 1. The maximum absolute atomic E-state index is 10.8. The lowest BCUT2D eigenvalue weighted by Gasteiger charge is -2.04. The van der Waals surface area contributed by atoms with E-state index in [9.17, 15) is 4.79 Å². The number of benzene rings is 1. The number of imidazole rings is 1. The molecule has 78 valence electrons. The standard InChI is InChI=1S/C10H10N2O3/c1-12-5-11-7-3-6(10(13)14)4-8(15-2)9(7)12/h3-5H,1-2H3,(H,13,14). The Balaban J connectivity index is 2.79. The summed E-state index contributed by atoms with van der Waals surface area (Å²) in [5.41, 5.74) is 1.59. The minimum absolute atomic E-state index is 0.179. The zero-order valence-corrected chi connectivity index (χ0v) is 8.39. The summed E-state index contributed by atoms with van der Waals surface area (Å²) in [5.74, 6) is -0.467. The van der Waals surface area contributed by atoms with Crippen LogP contribution in [0.25, 0.3) is 11.0 Å². The molecule has 2 aromatic rings. The predicted molar refractivity (Wildman–Crippen MR) is 54.2 cm³/mol. The highest BCUT2D eigenvalue weighted by molar-refractivity contribution is 5.95. The van der Waals surface area contributed by atoms with Crippen LogP contribution >= 0.6 is 0 Å². The van der Waals surface area contributed by atoms with Gasteiger partial charge in [-0.25, -0.2) is 9.78 Å². The molecule has 0 aliphatic carbocycles. The fourth-order valence-corrected chi connectivity index (χ4v) is 1.53. The van der Waals surface area contributed by atoms with Crippen LogP contribution in [-0.4, -0.2) is 27.7 Å². The van der Waals surface area contributed by atoms with Crippen molar-refractivity contribution >= 4 is 17.0 Å². The molecule has 0 aliphatic rings. The highest BCUT2D eigenvalue weighted by atomic mass is 16.5. The van der Waals surface area contributed by atoms with Gasteiger partial charge in [0.25, 0.3) is 0 Å². The van der Waals surface area contributed by atoms with E-state index < -0.39 is 5.97 Å². The topological polar surface area (TPSA) is 64.3 Å². The van der Waals surface area contributed by atoms with E-state index in [-0.39, 0.29) is 5.56 Å². The molecular weight excluding hydrogens is 196 g/mol. The molecule has 0 radical (unpaired) electrons. The summed E-state index contributed by atoms with van der Waals surface area (Å²) in [6, 6.07) is 3.02. The van der Waals surface area contributed by atoms with Crippen LogP contribution in [0.1, 0.15) is 10.4 Å². The molecule has 15 heavy (non-hydrogen) atoms. The van der Waals surface area contributed by atoms with Crippen molar-refractivity contribution in [1.29, 1.82) is 0 Å². The van der Waals surface area contributed by atoms with Gasteiger partial charge in [-0.3, -0.25) is 0 Å². The largest absolute Gasteiger partial charge is 0.494 e. The van der Waals surface area contributed by atoms with Crippen molar-refractivity contribution in [3.63, 3.8) is 0 Å². The molecule has 5 heteroatoms. The first-order valence-electron chi connectivity index (χ1n) is 4.36. The van der Waals surface area contributed by atoms with Gasteiger partial charge in [-0.1, -0.05) is 0 Å². The van der Waals surface area contributed by atoms with Crippen molar-refractivity contribution in [2.24, 2.45) is 7.05 Å². The summed E-state index contributed by atoms with van der Waals surface area (Å²) >= 11 is 0. The molecule has 0 saturated heterocycles. The molecule has 0 bridgehead atoms. The number of rotatable bonds is 2. The Morgan fingerprint density at radius 3 is 2.87 bits per heavy atom. The lowest BCUT2D eigenvalue weighted by molar-refractivity contribution is 0.0696. The molecule has 0 unspecified atom stereocenters. The molecule has 5 nitrogen and oxygen atoms in total. The Morgan fingerprint density at radius 2 is 2.27 bits per heavy atom. The second kappa shape index (κ2) is 3.27. The van der Waals surface area contributed by atoms with Crippen LogP contribution in [0.3, 0.4) is 0 Å². The molecular formula is C10H10N2O3. The molecule has 1 N–H and O–H groups in total. The van der Waals surface area contributed by atoms with Gasteiger partial charge in [-0.05, 0) is 12.1 Å². The van der Waals surface area contributed by atoms with Crippen LogP contribution < -0.4 is 4.74 Å². The number of aryl methyl sites for hydroxylation is 1. The Hall–Kier alpha value is -2.04. The number of aromatic carboxylic acids is 1. The zero-order chi connectivity index (χ0) is 11.0. The lowest BCUT2D eigenvalue weighted by atomic mass is 10.2. The summed E-state index contributed by atoms with van der Waals surface area (Å²) in [7, 11) is 3.34. The number of aromatic nitrogens is 2. The van der Waals surface area contributed by atoms with E-state index in [0.29, 0.717) is 11.3 Å². The SMILES string of the molecule is COc1cc(C(=O)O)cc2ncn(C)c12. The highest BCUT2D eigenvalue weighted by Crippen LogP contribution is 2.26. The van der Waals surface area contributed by atoms with Crippen molar-refractivity contribution in [1.82, 2.24) is 9.55 Å². The van der Waals surface area contributed by atoms with E-state index in [2.05, 4.69) is 4.98 Å². The Kier molecular flexibility index (Phi) is 2.07. The lowest BCUT2D eigenvalue weighted by Crippen LogP contribution is -1.98. The Morgan fingerprint density at radius 1 is 1.53 bits per heavy atom. The second-order valence-electron chi connectivity index (χ2n) is 3.21. The van der Waals surface area contributed by atoms with Gasteiger partial charge in [-0.15, -0.1) is 0 Å². The predicted octanol–water partition coefficient (Wildman–Crippen LogP) is 1.28. The minimum atomic E-state index is -0.985. The van der Waals surface area contributed by atoms with Crippen molar-refractivity contribution < 1.29 is 14.6 Å². The van der Waals surface area contributed by atoms with Crippen LogP contribution in [-0.2, 0) is 7.05 Å². The molecule has 1 heterocycles. The number of fused-ring (bicyclic) bond motifs is 1. The van der Waals surface area contributed by atoms with Crippen LogP contribution in [0.2, 0.25) is 0 Å². The Bertz CT molecular complexity index is 531. The first-order valence-corrected chi connectivity index (χ1v) is 4.36. The number of nitrogens with zero attached hydrogens (tertiary/aromatic N) is 2. The normalized spacial score (nSPS) is 10.5. The molecule has 0 aliphatic heterocycles. The van der Waals surface area contributed by atoms with E-state index in [0.717, 1.165) is 5.52 Å². The van der Waals surface area contributed by atoms with Crippen molar-refractivity contribution in [3.05, 3.63) is 24.0 Å². The third-order valence-electron chi connectivity index (χ3n) is 2.24. The number of hydrogen-bond acceptors (Lipinski definition) is 3. The summed E-state index contributed by atoms with van der Waals surface area (Å²) in [6.07, 6.45) is 1.62. The van der Waals surface area contributed by atoms with Crippen molar-refractivity contribution in [2.45, 2.75) is 0 Å².